The van der Waals surface area contributed by atoms with Gasteiger partial charge in [-0.05, 0) is 41.0 Å². The maximum absolute atomic E-state index is 8.89. The lowest BCUT2D eigenvalue weighted by Crippen LogP contribution is -2.29. The van der Waals surface area contributed by atoms with Gasteiger partial charge in [-0.2, -0.15) is 0 Å². The molecule has 1 N–H and O–H groups in total. The van der Waals surface area contributed by atoms with Crippen molar-refractivity contribution < 1.29 is 24.1 Å². The highest BCUT2D eigenvalue weighted by atomic mass is 16.6. The summed E-state index contributed by atoms with van der Waals surface area (Å²) in [5, 5.41) is 8.89. The minimum absolute atomic E-state index is 0.0155. The van der Waals surface area contributed by atoms with Gasteiger partial charge in [0.15, 0.2) is 0 Å². The van der Waals surface area contributed by atoms with Gasteiger partial charge in [0.2, 0.25) is 0 Å². The molecule has 0 bridgehead atoms. The van der Waals surface area contributed by atoms with Crippen LogP contribution in [0.3, 0.4) is 0 Å². The molecule has 0 aliphatic heterocycles. The van der Waals surface area contributed by atoms with Crippen LogP contribution in [0.2, 0.25) is 0 Å². The van der Waals surface area contributed by atoms with Gasteiger partial charge in [0.05, 0.1) is 56.9 Å². The second-order valence-corrected chi connectivity index (χ2v) is 6.16. The first-order chi connectivity index (χ1) is 10.4. The summed E-state index contributed by atoms with van der Waals surface area (Å²) in [4.78, 5) is 0. The third kappa shape index (κ3) is 12.4. The third-order valence-corrected chi connectivity index (χ3v) is 3.26. The first-order valence-corrected chi connectivity index (χ1v) is 8.50. The lowest BCUT2D eigenvalue weighted by molar-refractivity contribution is -0.0972. The Morgan fingerprint density at radius 3 is 1.59 bits per heavy atom. The highest BCUT2D eigenvalue weighted by Crippen LogP contribution is 2.06. The van der Waals surface area contributed by atoms with Crippen LogP contribution < -0.4 is 0 Å². The largest absolute Gasteiger partial charge is 0.394 e. The van der Waals surface area contributed by atoms with E-state index in [-0.39, 0.29) is 37.1 Å². The number of hydrogen-bond acceptors (Lipinski definition) is 5. The second kappa shape index (κ2) is 13.3. The fourth-order valence-electron chi connectivity index (χ4n) is 1.96. The summed E-state index contributed by atoms with van der Waals surface area (Å²) in [5.41, 5.74) is 0. The van der Waals surface area contributed by atoms with E-state index in [0.717, 1.165) is 12.8 Å². The van der Waals surface area contributed by atoms with Gasteiger partial charge in [-0.25, -0.2) is 0 Å². The Labute approximate surface area is 136 Å². The van der Waals surface area contributed by atoms with E-state index in [9.17, 15) is 0 Å². The zero-order valence-electron chi connectivity index (χ0n) is 15.2. The lowest BCUT2D eigenvalue weighted by Gasteiger charge is -2.22. The average molecular weight is 320 g/mol. The van der Waals surface area contributed by atoms with Gasteiger partial charge in [-0.1, -0.05) is 13.3 Å². The molecule has 5 unspecified atom stereocenters. The second-order valence-electron chi connectivity index (χ2n) is 6.16. The molecule has 0 aromatic carbocycles. The predicted octanol–water partition coefficient (Wildman–Crippen LogP) is 2.79. The normalized spacial score (nSPS) is 18.7. The van der Waals surface area contributed by atoms with Crippen molar-refractivity contribution in [2.75, 3.05) is 26.4 Å². The number of aliphatic hydroxyl groups is 1. The van der Waals surface area contributed by atoms with E-state index in [1.807, 2.05) is 27.7 Å². The maximum atomic E-state index is 8.89. The van der Waals surface area contributed by atoms with Gasteiger partial charge < -0.3 is 24.1 Å². The minimum atomic E-state index is -0.150. The summed E-state index contributed by atoms with van der Waals surface area (Å²) in [6.45, 7) is 13.7. The fourth-order valence-corrected chi connectivity index (χ4v) is 1.96. The van der Waals surface area contributed by atoms with Crippen molar-refractivity contribution in [1.82, 2.24) is 0 Å². The Balaban J connectivity index is 3.69. The van der Waals surface area contributed by atoms with Crippen LogP contribution in [0.4, 0.5) is 0 Å². The van der Waals surface area contributed by atoms with Crippen LogP contribution in [0.15, 0.2) is 0 Å². The van der Waals surface area contributed by atoms with Crippen molar-refractivity contribution >= 4 is 0 Å². The SMILES string of the molecule is CCCC(C)OC(C)COC(C)COC(C)COC(C)CO. The average Bonchev–Trinajstić information content (AvgIpc) is 2.48. The number of ether oxygens (including phenoxy) is 4. The van der Waals surface area contributed by atoms with Crippen molar-refractivity contribution in [1.29, 1.82) is 0 Å². The fraction of sp³-hybridized carbons (Fsp3) is 1.00. The van der Waals surface area contributed by atoms with E-state index in [2.05, 4.69) is 13.8 Å². The third-order valence-electron chi connectivity index (χ3n) is 3.26. The van der Waals surface area contributed by atoms with Gasteiger partial charge in [-0.15, -0.1) is 0 Å². The molecule has 0 heterocycles. The molecule has 0 aromatic heterocycles. The Hall–Kier alpha value is -0.200. The zero-order valence-corrected chi connectivity index (χ0v) is 15.2. The Bertz CT molecular complexity index is 249. The van der Waals surface area contributed by atoms with Crippen LogP contribution >= 0.6 is 0 Å². The smallest absolute Gasteiger partial charge is 0.0784 e. The van der Waals surface area contributed by atoms with Crippen LogP contribution in [0.5, 0.6) is 0 Å². The van der Waals surface area contributed by atoms with E-state index in [4.69, 9.17) is 24.1 Å². The van der Waals surface area contributed by atoms with Crippen LogP contribution in [0.1, 0.15) is 54.4 Å². The summed E-state index contributed by atoms with van der Waals surface area (Å²) in [6, 6.07) is 0. The summed E-state index contributed by atoms with van der Waals surface area (Å²) in [7, 11) is 0. The molecule has 0 aliphatic rings. The van der Waals surface area contributed by atoms with E-state index < -0.39 is 0 Å². The molecule has 134 valence electrons. The topological polar surface area (TPSA) is 57.2 Å². The number of aliphatic hydroxyl groups excluding tert-OH is 1. The minimum Gasteiger partial charge on any atom is -0.394 e. The monoisotopic (exact) mass is 320 g/mol. The van der Waals surface area contributed by atoms with Crippen LogP contribution in [0.25, 0.3) is 0 Å². The molecule has 0 aliphatic carbocycles. The molecule has 0 saturated heterocycles. The van der Waals surface area contributed by atoms with Gasteiger partial charge in [0.1, 0.15) is 0 Å². The highest BCUT2D eigenvalue weighted by Gasteiger charge is 2.12. The summed E-state index contributed by atoms with van der Waals surface area (Å²) >= 11 is 0. The van der Waals surface area contributed by atoms with E-state index >= 15 is 0 Å². The molecule has 5 atom stereocenters. The standard InChI is InChI=1S/C17H36O5/c1-7-8-13(2)22-17(6)12-21-16(5)11-20-15(4)10-19-14(3)9-18/h13-18H,7-12H2,1-6H3. The molecule has 0 amide bonds. The van der Waals surface area contributed by atoms with E-state index in [1.165, 1.54) is 0 Å². The van der Waals surface area contributed by atoms with Gasteiger partial charge in [0.25, 0.3) is 0 Å². The molecule has 0 radical (unpaired) electrons. The van der Waals surface area contributed by atoms with Crippen molar-refractivity contribution in [3.63, 3.8) is 0 Å². The van der Waals surface area contributed by atoms with Crippen LogP contribution in [-0.4, -0.2) is 62.1 Å². The number of hydrogen-bond donors (Lipinski definition) is 1. The molecule has 5 heteroatoms. The zero-order chi connectivity index (χ0) is 17.0. The molecule has 0 saturated carbocycles. The van der Waals surface area contributed by atoms with Crippen molar-refractivity contribution in [2.24, 2.45) is 0 Å². The van der Waals surface area contributed by atoms with E-state index in [1.54, 1.807) is 0 Å². The Morgan fingerprint density at radius 1 is 0.682 bits per heavy atom. The predicted molar refractivity (Wildman–Crippen MR) is 88.2 cm³/mol. The first-order valence-electron chi connectivity index (χ1n) is 8.50. The van der Waals surface area contributed by atoms with Crippen molar-refractivity contribution in [3.05, 3.63) is 0 Å². The Kier molecular flexibility index (Phi) is 13.1. The molecule has 0 spiro atoms. The van der Waals surface area contributed by atoms with Gasteiger partial charge in [0, 0.05) is 0 Å². The number of rotatable bonds is 14. The summed E-state index contributed by atoms with van der Waals surface area (Å²) in [5.74, 6) is 0. The van der Waals surface area contributed by atoms with E-state index in [0.29, 0.717) is 19.8 Å². The lowest BCUT2D eigenvalue weighted by atomic mass is 10.2. The maximum Gasteiger partial charge on any atom is 0.0784 e. The molecule has 0 aromatic rings. The highest BCUT2D eigenvalue weighted by molar-refractivity contribution is 4.58. The molecule has 0 rings (SSSR count). The Morgan fingerprint density at radius 2 is 1.14 bits per heavy atom. The van der Waals surface area contributed by atoms with Crippen LogP contribution in [-0.2, 0) is 18.9 Å². The molecular weight excluding hydrogens is 284 g/mol. The quantitative estimate of drug-likeness (QED) is 0.533. The van der Waals surface area contributed by atoms with Gasteiger partial charge in [-0.3, -0.25) is 0 Å². The van der Waals surface area contributed by atoms with Crippen molar-refractivity contribution in [2.45, 2.75) is 84.9 Å². The summed E-state index contributed by atoms with van der Waals surface area (Å²) in [6.07, 6.45) is 2.43. The molecule has 0 fully saturated rings. The van der Waals surface area contributed by atoms with Gasteiger partial charge >= 0.3 is 0 Å². The summed E-state index contributed by atoms with van der Waals surface area (Å²) < 4.78 is 22.7. The van der Waals surface area contributed by atoms with Crippen molar-refractivity contribution in [3.8, 4) is 0 Å². The molecule has 22 heavy (non-hydrogen) atoms. The first kappa shape index (κ1) is 21.8. The molecular formula is C17H36O5. The van der Waals surface area contributed by atoms with Crippen LogP contribution in [0, 0.1) is 0 Å². The molecule has 5 nitrogen and oxygen atoms in total.